The number of piperidine rings is 1. The van der Waals surface area contributed by atoms with Crippen molar-refractivity contribution in [2.75, 3.05) is 26.2 Å². The van der Waals surface area contributed by atoms with Gasteiger partial charge in [0.25, 0.3) is 0 Å². The fourth-order valence-corrected chi connectivity index (χ4v) is 8.47. The fraction of sp³-hybridized carbons (Fsp3) is 0.606. The number of nitrogens with one attached hydrogen (secondary N) is 1. The highest BCUT2D eigenvalue weighted by atomic mass is 16.2. The molecule has 1 aliphatic heterocycles. The molecule has 0 aromatic heterocycles. The second-order valence-electron chi connectivity index (χ2n) is 12.9. The van der Waals surface area contributed by atoms with E-state index in [2.05, 4.69) is 75.8 Å². The minimum atomic E-state index is 0.0708. The van der Waals surface area contributed by atoms with Gasteiger partial charge in [-0.3, -0.25) is 0 Å². The lowest BCUT2D eigenvalue weighted by Gasteiger charge is -2.57. The number of nitrogens with zero attached hydrogens (tertiary/aromatic N) is 2. The Morgan fingerprint density at radius 2 is 1.41 bits per heavy atom. The van der Waals surface area contributed by atoms with E-state index in [0.717, 1.165) is 43.2 Å². The Hall–Kier alpha value is -2.33. The minimum absolute atomic E-state index is 0.0708. The van der Waals surface area contributed by atoms with Crippen LogP contribution in [0.1, 0.15) is 68.9 Å². The number of urea groups is 1. The van der Waals surface area contributed by atoms with E-state index in [9.17, 15) is 4.79 Å². The molecule has 5 aliphatic rings. The van der Waals surface area contributed by atoms with Crippen LogP contribution in [0.25, 0.3) is 0 Å². The van der Waals surface area contributed by atoms with Gasteiger partial charge in [-0.2, -0.15) is 0 Å². The molecule has 2 amide bonds. The Kier molecular flexibility index (Phi) is 7.55. The highest BCUT2D eigenvalue weighted by molar-refractivity contribution is 5.75. The van der Waals surface area contributed by atoms with Crippen LogP contribution in [0.15, 0.2) is 60.7 Å². The van der Waals surface area contributed by atoms with Crippen LogP contribution in [-0.2, 0) is 13.0 Å². The number of likely N-dealkylation sites (tertiary alicyclic amines) is 1. The van der Waals surface area contributed by atoms with Crippen LogP contribution in [0.2, 0.25) is 0 Å². The van der Waals surface area contributed by atoms with Gasteiger partial charge >= 0.3 is 6.03 Å². The van der Waals surface area contributed by atoms with Gasteiger partial charge in [-0.05, 0) is 119 Å². The van der Waals surface area contributed by atoms with E-state index in [1.54, 1.807) is 0 Å². The van der Waals surface area contributed by atoms with E-state index in [1.165, 1.54) is 82.0 Å². The molecular formula is C33H45N3O. The molecule has 4 heteroatoms. The zero-order chi connectivity index (χ0) is 25.1. The molecule has 0 atom stereocenters. The van der Waals surface area contributed by atoms with E-state index < -0.39 is 0 Å². The molecule has 1 saturated heterocycles. The summed E-state index contributed by atoms with van der Waals surface area (Å²) in [5, 5.41) is 3.64. The third kappa shape index (κ3) is 6.22. The third-order valence-corrected chi connectivity index (χ3v) is 9.89. The fourth-order valence-electron chi connectivity index (χ4n) is 8.47. The number of rotatable bonds is 9. The maximum Gasteiger partial charge on any atom is 0.318 e. The van der Waals surface area contributed by atoms with Gasteiger partial charge in [0.15, 0.2) is 0 Å². The van der Waals surface area contributed by atoms with Gasteiger partial charge in [0.2, 0.25) is 0 Å². The smallest absolute Gasteiger partial charge is 0.318 e. The van der Waals surface area contributed by atoms with Crippen LogP contribution in [0.5, 0.6) is 0 Å². The molecule has 198 valence electrons. The summed E-state index contributed by atoms with van der Waals surface area (Å²) in [6, 6.07) is 21.7. The SMILES string of the molecule is O=C(NC12CC3CC(CC(C3)C1)C2)N(CCCN1CCC(Cc2ccccc2)CC1)Cc1ccccc1. The maximum absolute atomic E-state index is 13.7. The number of benzene rings is 2. The van der Waals surface area contributed by atoms with Crippen LogP contribution in [-0.4, -0.2) is 47.5 Å². The van der Waals surface area contributed by atoms with Crippen LogP contribution in [0, 0.1) is 23.7 Å². The van der Waals surface area contributed by atoms with Crippen molar-refractivity contribution >= 4 is 6.03 Å². The normalized spacial score (nSPS) is 29.4. The third-order valence-electron chi connectivity index (χ3n) is 9.89. The lowest BCUT2D eigenvalue weighted by molar-refractivity contribution is -0.0158. The lowest BCUT2D eigenvalue weighted by atomic mass is 9.53. The summed E-state index contributed by atoms with van der Waals surface area (Å²) in [5.74, 6) is 3.34. The highest BCUT2D eigenvalue weighted by Crippen LogP contribution is 2.55. The van der Waals surface area contributed by atoms with Crippen LogP contribution >= 0.6 is 0 Å². The molecule has 4 aliphatic carbocycles. The minimum Gasteiger partial charge on any atom is -0.333 e. The topological polar surface area (TPSA) is 35.6 Å². The molecule has 2 aromatic rings. The van der Waals surface area contributed by atoms with E-state index in [1.807, 2.05) is 0 Å². The van der Waals surface area contributed by atoms with Gasteiger partial charge in [-0.25, -0.2) is 4.79 Å². The molecule has 1 N–H and O–H groups in total. The number of hydrogen-bond acceptors (Lipinski definition) is 2. The van der Waals surface area contributed by atoms with Gasteiger partial charge in [-0.15, -0.1) is 0 Å². The van der Waals surface area contributed by atoms with Crippen LogP contribution < -0.4 is 5.32 Å². The summed E-state index contributed by atoms with van der Waals surface area (Å²) < 4.78 is 0. The first-order valence-electron chi connectivity index (χ1n) is 15.0. The molecule has 5 fully saturated rings. The Balaban J connectivity index is 1.02. The van der Waals surface area contributed by atoms with Crippen molar-refractivity contribution in [1.29, 1.82) is 0 Å². The zero-order valence-electron chi connectivity index (χ0n) is 22.5. The van der Waals surface area contributed by atoms with E-state index in [-0.39, 0.29) is 11.6 Å². The van der Waals surface area contributed by atoms with Crippen molar-refractivity contribution in [1.82, 2.24) is 15.1 Å². The first-order chi connectivity index (χ1) is 18.1. The van der Waals surface area contributed by atoms with Crippen molar-refractivity contribution in [2.45, 2.75) is 76.3 Å². The summed E-state index contributed by atoms with van der Waals surface area (Å²) in [5.41, 5.74) is 2.77. The lowest BCUT2D eigenvalue weighted by Crippen LogP contribution is -2.61. The average Bonchev–Trinajstić information content (AvgIpc) is 2.89. The predicted molar refractivity (Wildman–Crippen MR) is 150 cm³/mol. The largest absolute Gasteiger partial charge is 0.333 e. The van der Waals surface area contributed by atoms with Gasteiger partial charge in [-0.1, -0.05) is 60.7 Å². The average molecular weight is 500 g/mol. The summed E-state index contributed by atoms with van der Waals surface area (Å²) in [6.07, 6.45) is 12.7. The molecule has 4 saturated carbocycles. The Bertz CT molecular complexity index is 979. The molecule has 4 bridgehead atoms. The van der Waals surface area contributed by atoms with Gasteiger partial charge < -0.3 is 15.1 Å². The molecule has 2 aromatic carbocycles. The quantitative estimate of drug-likeness (QED) is 0.427. The van der Waals surface area contributed by atoms with Crippen molar-refractivity contribution in [3.63, 3.8) is 0 Å². The Morgan fingerprint density at radius 1 is 0.838 bits per heavy atom. The first-order valence-corrected chi connectivity index (χ1v) is 15.0. The van der Waals surface area contributed by atoms with Gasteiger partial charge in [0, 0.05) is 18.6 Å². The number of carbonyl (C=O) groups excluding carboxylic acids is 1. The van der Waals surface area contributed by atoms with Crippen LogP contribution in [0.3, 0.4) is 0 Å². The summed E-state index contributed by atoms with van der Waals surface area (Å²) in [6.45, 7) is 5.01. The van der Waals surface area contributed by atoms with E-state index in [4.69, 9.17) is 0 Å². The van der Waals surface area contributed by atoms with Crippen LogP contribution in [0.4, 0.5) is 4.79 Å². The second kappa shape index (κ2) is 11.2. The molecular weight excluding hydrogens is 454 g/mol. The Labute approximate surface area is 223 Å². The summed E-state index contributed by atoms with van der Waals surface area (Å²) >= 11 is 0. The van der Waals surface area contributed by atoms with Gasteiger partial charge in [0.05, 0.1) is 0 Å². The molecule has 1 heterocycles. The summed E-state index contributed by atoms with van der Waals surface area (Å²) in [4.78, 5) is 18.5. The molecule has 0 unspecified atom stereocenters. The Morgan fingerprint density at radius 3 is 2.00 bits per heavy atom. The monoisotopic (exact) mass is 499 g/mol. The second-order valence-corrected chi connectivity index (χ2v) is 12.9. The highest BCUT2D eigenvalue weighted by Gasteiger charge is 2.51. The predicted octanol–water partition coefficient (Wildman–Crippen LogP) is 6.51. The van der Waals surface area contributed by atoms with E-state index >= 15 is 0 Å². The molecule has 0 radical (unpaired) electrons. The first kappa shape index (κ1) is 25.0. The zero-order valence-corrected chi connectivity index (χ0v) is 22.5. The molecule has 37 heavy (non-hydrogen) atoms. The van der Waals surface area contributed by atoms with E-state index in [0.29, 0.717) is 6.54 Å². The van der Waals surface area contributed by atoms with Crippen molar-refractivity contribution < 1.29 is 4.79 Å². The van der Waals surface area contributed by atoms with Crippen molar-refractivity contribution in [3.8, 4) is 0 Å². The molecule has 4 nitrogen and oxygen atoms in total. The maximum atomic E-state index is 13.7. The summed E-state index contributed by atoms with van der Waals surface area (Å²) in [7, 11) is 0. The molecule has 7 rings (SSSR count). The number of hydrogen-bond donors (Lipinski definition) is 1. The van der Waals surface area contributed by atoms with Gasteiger partial charge in [0.1, 0.15) is 0 Å². The standard InChI is InChI=1S/C33H45N3O/c37-32(34-33-22-29-19-30(23-33)21-31(20-29)24-33)36(25-28-10-5-2-6-11-28)15-7-14-35-16-12-27(13-17-35)18-26-8-3-1-4-9-26/h1-6,8-11,27,29-31H,7,12-25H2,(H,34,37). The molecule has 0 spiro atoms. The number of amides is 2. The number of carbonyl (C=O) groups is 1. The van der Waals surface area contributed by atoms with Crippen molar-refractivity contribution in [3.05, 3.63) is 71.8 Å². The van der Waals surface area contributed by atoms with Crippen molar-refractivity contribution in [2.24, 2.45) is 23.7 Å².